The first kappa shape index (κ1) is 9.76. The van der Waals surface area contributed by atoms with Crippen molar-refractivity contribution in [1.82, 2.24) is 9.88 Å². The molecule has 0 aliphatic carbocycles. The van der Waals surface area contributed by atoms with Gasteiger partial charge in [-0.05, 0) is 12.1 Å². The van der Waals surface area contributed by atoms with E-state index in [2.05, 4.69) is 4.98 Å². The van der Waals surface area contributed by atoms with Gasteiger partial charge in [0, 0.05) is 19.2 Å². The van der Waals surface area contributed by atoms with Crippen molar-refractivity contribution in [2.24, 2.45) is 0 Å². The van der Waals surface area contributed by atoms with Crippen molar-refractivity contribution in [3.63, 3.8) is 0 Å². The van der Waals surface area contributed by atoms with Gasteiger partial charge in [-0.3, -0.25) is 4.98 Å². The maximum Gasteiger partial charge on any atom is 0.407 e. The number of hydrogen-bond donors (Lipinski definition) is 1. The molecule has 5 heteroatoms. The zero-order chi connectivity index (χ0) is 10.7. The highest BCUT2D eigenvalue weighted by molar-refractivity contribution is 5.65. The Labute approximate surface area is 87.3 Å². The van der Waals surface area contributed by atoms with E-state index in [0.717, 1.165) is 6.42 Å². The van der Waals surface area contributed by atoms with Gasteiger partial charge in [0.1, 0.15) is 11.9 Å². The van der Waals surface area contributed by atoms with Crippen molar-refractivity contribution >= 4 is 6.09 Å². The van der Waals surface area contributed by atoms with Gasteiger partial charge < -0.3 is 14.7 Å². The third-order valence-corrected chi connectivity index (χ3v) is 2.35. The van der Waals surface area contributed by atoms with E-state index in [9.17, 15) is 4.79 Å². The van der Waals surface area contributed by atoms with Crippen LogP contribution in [0, 0.1) is 0 Å². The van der Waals surface area contributed by atoms with Crippen LogP contribution in [0.1, 0.15) is 6.42 Å². The molecule has 80 valence electrons. The van der Waals surface area contributed by atoms with Crippen LogP contribution in [0.4, 0.5) is 4.79 Å². The molecule has 2 rings (SSSR count). The lowest BCUT2D eigenvalue weighted by Gasteiger charge is -2.13. The highest BCUT2D eigenvalue weighted by Crippen LogP contribution is 2.16. The Hall–Kier alpha value is -1.78. The molecule has 5 nitrogen and oxygen atoms in total. The van der Waals surface area contributed by atoms with Crippen LogP contribution in [-0.4, -0.2) is 40.3 Å². The summed E-state index contributed by atoms with van der Waals surface area (Å²) < 4.78 is 5.59. The molecular formula is C10H12N2O3. The molecule has 1 fully saturated rings. The van der Waals surface area contributed by atoms with Crippen LogP contribution in [0.25, 0.3) is 0 Å². The zero-order valence-electron chi connectivity index (χ0n) is 8.17. The van der Waals surface area contributed by atoms with Crippen molar-refractivity contribution in [1.29, 1.82) is 0 Å². The minimum absolute atomic E-state index is 0.0506. The largest absolute Gasteiger partial charge is 0.487 e. The summed E-state index contributed by atoms with van der Waals surface area (Å²) in [6.45, 7) is 0.977. The molecule has 2 heterocycles. The van der Waals surface area contributed by atoms with Gasteiger partial charge in [-0.25, -0.2) is 4.79 Å². The standard InChI is InChI=1S/C10H12N2O3/c13-10(14)12-5-3-9(7-12)15-8-2-1-4-11-6-8/h1-2,4,6,9H,3,5,7H2,(H,13,14). The topological polar surface area (TPSA) is 62.7 Å². The monoisotopic (exact) mass is 208 g/mol. The maximum absolute atomic E-state index is 10.7. The highest BCUT2D eigenvalue weighted by Gasteiger charge is 2.27. The summed E-state index contributed by atoms with van der Waals surface area (Å²) in [4.78, 5) is 15.9. The fourth-order valence-corrected chi connectivity index (χ4v) is 1.61. The van der Waals surface area contributed by atoms with Gasteiger partial charge in [0.25, 0.3) is 0 Å². The van der Waals surface area contributed by atoms with E-state index < -0.39 is 6.09 Å². The summed E-state index contributed by atoms with van der Waals surface area (Å²) in [6, 6.07) is 3.61. The van der Waals surface area contributed by atoms with E-state index >= 15 is 0 Å². The van der Waals surface area contributed by atoms with E-state index in [1.807, 2.05) is 6.07 Å². The Morgan fingerprint density at radius 1 is 1.67 bits per heavy atom. The summed E-state index contributed by atoms with van der Waals surface area (Å²) in [7, 11) is 0. The summed E-state index contributed by atoms with van der Waals surface area (Å²) in [5, 5.41) is 8.76. The van der Waals surface area contributed by atoms with Crippen LogP contribution in [0.3, 0.4) is 0 Å². The SMILES string of the molecule is O=C(O)N1CCC(Oc2cccnc2)C1. The van der Waals surface area contributed by atoms with Crippen molar-refractivity contribution in [2.75, 3.05) is 13.1 Å². The van der Waals surface area contributed by atoms with Gasteiger partial charge in [0.15, 0.2) is 0 Å². The van der Waals surface area contributed by atoms with Gasteiger partial charge >= 0.3 is 6.09 Å². The predicted molar refractivity (Wildman–Crippen MR) is 52.9 cm³/mol. The molecule has 1 saturated heterocycles. The van der Waals surface area contributed by atoms with Crippen LogP contribution in [0.5, 0.6) is 5.75 Å². The summed E-state index contributed by atoms with van der Waals surface area (Å²) in [5.41, 5.74) is 0. The van der Waals surface area contributed by atoms with Crippen molar-refractivity contribution in [2.45, 2.75) is 12.5 Å². The fraction of sp³-hybridized carbons (Fsp3) is 0.400. The zero-order valence-corrected chi connectivity index (χ0v) is 8.17. The first-order valence-electron chi connectivity index (χ1n) is 4.80. The van der Waals surface area contributed by atoms with Crippen LogP contribution in [0.2, 0.25) is 0 Å². The number of carboxylic acid groups (broad SMARTS) is 1. The fourth-order valence-electron chi connectivity index (χ4n) is 1.61. The first-order chi connectivity index (χ1) is 7.25. The maximum atomic E-state index is 10.7. The van der Waals surface area contributed by atoms with Crippen LogP contribution < -0.4 is 4.74 Å². The second kappa shape index (κ2) is 4.16. The number of ether oxygens (including phenoxy) is 1. The summed E-state index contributed by atoms with van der Waals surface area (Å²) in [6.07, 6.45) is 3.10. The van der Waals surface area contributed by atoms with Crippen LogP contribution in [-0.2, 0) is 0 Å². The molecule has 0 saturated carbocycles. The van der Waals surface area contributed by atoms with E-state index in [4.69, 9.17) is 9.84 Å². The Morgan fingerprint density at radius 2 is 2.53 bits per heavy atom. The number of rotatable bonds is 2. The molecule has 1 aromatic rings. The normalized spacial score (nSPS) is 20.3. The lowest BCUT2D eigenvalue weighted by Crippen LogP contribution is -2.29. The molecular weight excluding hydrogens is 196 g/mol. The Kier molecular flexibility index (Phi) is 2.71. The van der Waals surface area contributed by atoms with E-state index in [-0.39, 0.29) is 6.10 Å². The number of nitrogens with zero attached hydrogens (tertiary/aromatic N) is 2. The lowest BCUT2D eigenvalue weighted by atomic mass is 10.3. The van der Waals surface area contributed by atoms with E-state index in [1.165, 1.54) is 4.90 Å². The number of amides is 1. The molecule has 0 aromatic carbocycles. The second-order valence-corrected chi connectivity index (χ2v) is 3.45. The third kappa shape index (κ3) is 2.37. The van der Waals surface area contributed by atoms with E-state index in [1.54, 1.807) is 18.5 Å². The Bertz CT molecular complexity index is 342. The first-order valence-corrected chi connectivity index (χ1v) is 4.80. The van der Waals surface area contributed by atoms with Crippen molar-refractivity contribution in [3.8, 4) is 5.75 Å². The van der Waals surface area contributed by atoms with E-state index in [0.29, 0.717) is 18.8 Å². The molecule has 1 N–H and O–H groups in total. The van der Waals surface area contributed by atoms with Gasteiger partial charge in [-0.2, -0.15) is 0 Å². The average Bonchev–Trinajstić information content (AvgIpc) is 2.68. The average molecular weight is 208 g/mol. The summed E-state index contributed by atoms with van der Waals surface area (Å²) >= 11 is 0. The molecule has 1 unspecified atom stereocenters. The van der Waals surface area contributed by atoms with Gasteiger partial charge in [0.2, 0.25) is 0 Å². The number of aromatic nitrogens is 1. The summed E-state index contributed by atoms with van der Waals surface area (Å²) in [5.74, 6) is 0.690. The molecule has 15 heavy (non-hydrogen) atoms. The lowest BCUT2D eigenvalue weighted by molar-refractivity contribution is 0.145. The second-order valence-electron chi connectivity index (χ2n) is 3.45. The third-order valence-electron chi connectivity index (χ3n) is 2.35. The van der Waals surface area contributed by atoms with Crippen LogP contribution >= 0.6 is 0 Å². The van der Waals surface area contributed by atoms with Crippen molar-refractivity contribution < 1.29 is 14.6 Å². The molecule has 1 aliphatic heterocycles. The minimum Gasteiger partial charge on any atom is -0.487 e. The highest BCUT2D eigenvalue weighted by atomic mass is 16.5. The number of pyridine rings is 1. The number of hydrogen-bond acceptors (Lipinski definition) is 3. The molecule has 1 aromatic heterocycles. The van der Waals surface area contributed by atoms with Crippen LogP contribution in [0.15, 0.2) is 24.5 Å². The molecule has 0 bridgehead atoms. The Balaban J connectivity index is 1.90. The molecule has 1 atom stereocenters. The molecule has 0 radical (unpaired) electrons. The molecule has 1 aliphatic rings. The smallest absolute Gasteiger partial charge is 0.407 e. The number of carbonyl (C=O) groups is 1. The molecule has 0 spiro atoms. The van der Waals surface area contributed by atoms with Gasteiger partial charge in [-0.15, -0.1) is 0 Å². The Morgan fingerprint density at radius 3 is 3.13 bits per heavy atom. The van der Waals surface area contributed by atoms with Gasteiger partial charge in [-0.1, -0.05) is 0 Å². The quantitative estimate of drug-likeness (QED) is 0.793. The number of likely N-dealkylation sites (tertiary alicyclic amines) is 1. The molecule has 1 amide bonds. The van der Waals surface area contributed by atoms with Crippen molar-refractivity contribution in [3.05, 3.63) is 24.5 Å². The predicted octanol–water partition coefficient (Wildman–Crippen LogP) is 1.21. The van der Waals surface area contributed by atoms with Gasteiger partial charge in [0.05, 0.1) is 12.7 Å². The minimum atomic E-state index is -0.882.